The number of thioether (sulfide) groups is 1. The molecule has 1 aliphatic heterocycles. The van der Waals surface area contributed by atoms with Crippen molar-refractivity contribution in [3.8, 4) is 5.75 Å². The Labute approximate surface area is 146 Å². The van der Waals surface area contributed by atoms with Gasteiger partial charge in [-0.3, -0.25) is 29.4 Å². The van der Waals surface area contributed by atoms with Crippen LogP contribution in [0.2, 0.25) is 0 Å². The van der Waals surface area contributed by atoms with E-state index in [0.29, 0.717) is 17.3 Å². The molecule has 1 fully saturated rings. The molecule has 0 radical (unpaired) electrons. The average Bonchev–Trinajstić information content (AvgIpc) is 2.82. The van der Waals surface area contributed by atoms with Crippen molar-refractivity contribution < 1.29 is 28.8 Å². The third-order valence-corrected chi connectivity index (χ3v) is 4.07. The van der Waals surface area contributed by atoms with Crippen LogP contribution in [-0.4, -0.2) is 47.2 Å². The predicted octanol–water partition coefficient (Wildman–Crippen LogP) is 2.20. The van der Waals surface area contributed by atoms with Crippen LogP contribution in [0.3, 0.4) is 0 Å². The molecule has 1 aromatic rings. The van der Waals surface area contributed by atoms with Gasteiger partial charge in [-0.1, -0.05) is 6.07 Å². The van der Waals surface area contributed by atoms with Gasteiger partial charge in [0, 0.05) is 6.07 Å². The summed E-state index contributed by atoms with van der Waals surface area (Å²) < 4.78 is 9.62. The van der Waals surface area contributed by atoms with E-state index in [-0.39, 0.29) is 22.9 Å². The van der Waals surface area contributed by atoms with Gasteiger partial charge >= 0.3 is 11.7 Å². The van der Waals surface area contributed by atoms with E-state index in [1.165, 1.54) is 31.4 Å². The van der Waals surface area contributed by atoms with Crippen molar-refractivity contribution in [2.24, 2.45) is 0 Å². The topological polar surface area (TPSA) is 116 Å². The Morgan fingerprint density at radius 2 is 2.12 bits per heavy atom. The highest BCUT2D eigenvalue weighted by atomic mass is 32.2. The normalized spacial score (nSPS) is 15.6. The summed E-state index contributed by atoms with van der Waals surface area (Å²) in [5.74, 6) is -1.26. The fraction of sp³-hybridized carbons (Fsp3) is 0.267. The molecule has 0 N–H and O–H groups in total. The molecule has 25 heavy (non-hydrogen) atoms. The second kappa shape index (κ2) is 7.79. The van der Waals surface area contributed by atoms with Crippen molar-refractivity contribution in [1.82, 2.24) is 4.90 Å². The van der Waals surface area contributed by atoms with Crippen LogP contribution in [0.4, 0.5) is 10.5 Å². The zero-order valence-corrected chi connectivity index (χ0v) is 14.2. The Hall–Kier alpha value is -2.88. The quantitative estimate of drug-likeness (QED) is 0.326. The number of benzene rings is 1. The fourth-order valence-electron chi connectivity index (χ4n) is 2.06. The molecule has 0 spiro atoms. The summed E-state index contributed by atoms with van der Waals surface area (Å²) in [4.78, 5) is 46.9. The van der Waals surface area contributed by atoms with Crippen LogP contribution in [0.1, 0.15) is 12.5 Å². The van der Waals surface area contributed by atoms with E-state index in [2.05, 4.69) is 0 Å². The van der Waals surface area contributed by atoms with E-state index >= 15 is 0 Å². The van der Waals surface area contributed by atoms with E-state index in [4.69, 9.17) is 9.47 Å². The molecule has 0 aromatic heterocycles. The third-order valence-electron chi connectivity index (χ3n) is 3.16. The second-order valence-electron chi connectivity index (χ2n) is 4.76. The second-order valence-corrected chi connectivity index (χ2v) is 5.75. The molecule has 0 aliphatic carbocycles. The van der Waals surface area contributed by atoms with Gasteiger partial charge in [-0.15, -0.1) is 0 Å². The lowest BCUT2D eigenvalue weighted by molar-refractivity contribution is -0.385. The van der Waals surface area contributed by atoms with E-state index in [1.807, 2.05) is 0 Å². The zero-order chi connectivity index (χ0) is 18.6. The number of rotatable bonds is 6. The molecule has 9 nitrogen and oxygen atoms in total. The number of nitrogens with zero attached hydrogens (tertiary/aromatic N) is 2. The molecule has 0 saturated carbocycles. The van der Waals surface area contributed by atoms with Gasteiger partial charge in [0.1, 0.15) is 6.54 Å². The Morgan fingerprint density at radius 3 is 2.72 bits per heavy atom. The average molecular weight is 366 g/mol. The fourth-order valence-corrected chi connectivity index (χ4v) is 2.90. The summed E-state index contributed by atoms with van der Waals surface area (Å²) in [7, 11) is 1.31. The van der Waals surface area contributed by atoms with E-state index < -0.39 is 28.6 Å². The van der Waals surface area contributed by atoms with Gasteiger partial charge in [-0.05, 0) is 36.4 Å². The summed E-state index contributed by atoms with van der Waals surface area (Å²) in [5.41, 5.74) is 0.0936. The Kier molecular flexibility index (Phi) is 5.75. The summed E-state index contributed by atoms with van der Waals surface area (Å²) in [6, 6.07) is 4.15. The number of amides is 2. The van der Waals surface area contributed by atoms with Gasteiger partial charge in [0.2, 0.25) is 0 Å². The van der Waals surface area contributed by atoms with Crippen LogP contribution in [0.25, 0.3) is 6.08 Å². The monoisotopic (exact) mass is 366 g/mol. The summed E-state index contributed by atoms with van der Waals surface area (Å²) in [6.45, 7) is 1.28. The maximum Gasteiger partial charge on any atom is 0.326 e. The standard InChI is InChI=1S/C15H14N2O7S/c1-3-24-13(18)8-16-14(19)12(25-15(16)20)7-9-4-5-11(23-2)10(6-9)17(21)22/h4-7H,3,8H2,1-2H3/b12-7-. The minimum atomic E-state index is -0.689. The Bertz CT molecular complexity index is 775. The molecule has 1 aliphatic rings. The summed E-state index contributed by atoms with van der Waals surface area (Å²) in [6.07, 6.45) is 1.35. The first kappa shape index (κ1) is 18.5. The summed E-state index contributed by atoms with van der Waals surface area (Å²) >= 11 is 0.651. The van der Waals surface area contributed by atoms with Gasteiger partial charge in [0.25, 0.3) is 11.1 Å². The lowest BCUT2D eigenvalue weighted by atomic mass is 10.1. The van der Waals surface area contributed by atoms with Gasteiger partial charge in [0.15, 0.2) is 5.75 Å². The number of hydrogen-bond donors (Lipinski definition) is 0. The van der Waals surface area contributed by atoms with Gasteiger partial charge < -0.3 is 9.47 Å². The SMILES string of the molecule is CCOC(=O)CN1C(=O)S/C(=C\c2ccc(OC)c([N+](=O)[O-])c2)C1=O. The minimum absolute atomic E-state index is 0.0637. The van der Waals surface area contributed by atoms with Crippen LogP contribution in [0, 0.1) is 10.1 Å². The number of carbonyl (C=O) groups excluding carboxylic acids is 3. The van der Waals surface area contributed by atoms with Crippen LogP contribution >= 0.6 is 11.8 Å². The number of hydrogen-bond acceptors (Lipinski definition) is 8. The molecule has 0 unspecified atom stereocenters. The van der Waals surface area contributed by atoms with Gasteiger partial charge in [-0.2, -0.15) is 0 Å². The molecule has 1 saturated heterocycles. The lowest BCUT2D eigenvalue weighted by Gasteiger charge is -2.10. The number of esters is 1. The maximum absolute atomic E-state index is 12.3. The van der Waals surface area contributed by atoms with Crippen LogP contribution in [0.5, 0.6) is 5.75 Å². The van der Waals surface area contributed by atoms with Crippen molar-refractivity contribution in [2.75, 3.05) is 20.3 Å². The highest BCUT2D eigenvalue weighted by Gasteiger charge is 2.36. The lowest BCUT2D eigenvalue weighted by Crippen LogP contribution is -2.34. The molecule has 2 rings (SSSR count). The molecule has 0 bridgehead atoms. The maximum atomic E-state index is 12.3. The first-order chi connectivity index (χ1) is 11.9. The molecular formula is C15H14N2O7S. The number of nitro benzene ring substituents is 1. The first-order valence-corrected chi connectivity index (χ1v) is 7.92. The highest BCUT2D eigenvalue weighted by molar-refractivity contribution is 8.18. The largest absolute Gasteiger partial charge is 0.490 e. The Balaban J connectivity index is 2.26. The van der Waals surface area contributed by atoms with E-state index in [1.54, 1.807) is 6.92 Å². The smallest absolute Gasteiger partial charge is 0.326 e. The molecular weight excluding hydrogens is 352 g/mol. The van der Waals surface area contributed by atoms with Crippen LogP contribution < -0.4 is 4.74 Å². The van der Waals surface area contributed by atoms with Gasteiger partial charge in [-0.25, -0.2) is 0 Å². The molecule has 132 valence electrons. The molecule has 10 heteroatoms. The minimum Gasteiger partial charge on any atom is -0.490 e. The first-order valence-electron chi connectivity index (χ1n) is 7.10. The van der Waals surface area contributed by atoms with Crippen LogP contribution in [-0.2, 0) is 14.3 Å². The zero-order valence-electron chi connectivity index (χ0n) is 13.4. The van der Waals surface area contributed by atoms with Crippen molar-refractivity contribution in [3.63, 3.8) is 0 Å². The van der Waals surface area contributed by atoms with Crippen molar-refractivity contribution >= 4 is 40.6 Å². The molecule has 0 atom stereocenters. The number of ether oxygens (including phenoxy) is 2. The van der Waals surface area contributed by atoms with Crippen molar-refractivity contribution in [3.05, 3.63) is 38.8 Å². The highest BCUT2D eigenvalue weighted by Crippen LogP contribution is 2.34. The Morgan fingerprint density at radius 1 is 1.40 bits per heavy atom. The van der Waals surface area contributed by atoms with Crippen molar-refractivity contribution in [2.45, 2.75) is 6.92 Å². The van der Waals surface area contributed by atoms with Crippen molar-refractivity contribution in [1.29, 1.82) is 0 Å². The van der Waals surface area contributed by atoms with Crippen LogP contribution in [0.15, 0.2) is 23.1 Å². The van der Waals surface area contributed by atoms with E-state index in [0.717, 1.165) is 4.90 Å². The predicted molar refractivity (Wildman–Crippen MR) is 89.0 cm³/mol. The third kappa shape index (κ3) is 4.15. The van der Waals surface area contributed by atoms with Gasteiger partial charge in [0.05, 0.1) is 23.5 Å². The molecule has 2 amide bonds. The number of methoxy groups -OCH3 is 1. The number of carbonyl (C=O) groups is 3. The number of imide groups is 1. The van der Waals surface area contributed by atoms with E-state index in [9.17, 15) is 24.5 Å². The number of nitro groups is 1. The summed E-state index contributed by atoms with van der Waals surface area (Å²) in [5, 5.41) is 10.4. The molecule has 1 aromatic carbocycles. The molecule has 1 heterocycles.